The molecule has 1 aromatic heterocycles. The molecule has 0 N–H and O–H groups in total. The van der Waals surface area contributed by atoms with E-state index < -0.39 is 0 Å². The first-order chi connectivity index (χ1) is 24.3. The van der Waals surface area contributed by atoms with Crippen molar-refractivity contribution in [2.45, 2.75) is 0 Å². The van der Waals surface area contributed by atoms with Crippen molar-refractivity contribution in [3.8, 4) is 11.1 Å². The van der Waals surface area contributed by atoms with Crippen molar-refractivity contribution >= 4 is 66.8 Å². The fourth-order valence-corrected chi connectivity index (χ4v) is 6.93. The fraction of sp³-hybridized carbons (Fsp3) is 0. The van der Waals surface area contributed by atoms with E-state index in [4.69, 9.17) is 4.42 Å². The SMILES string of the molecule is c1ccc(N(c2ccccc2)c2cccc(-c3cccc(N(c4ccc5c(c4)oc4ccccc45)c4cccc5ccccc45)c3)c2)cc1. The number of hydrogen-bond donors (Lipinski definition) is 0. The normalized spacial score (nSPS) is 11.3. The highest BCUT2D eigenvalue weighted by Gasteiger charge is 2.19. The van der Waals surface area contributed by atoms with Crippen LogP contribution in [0, 0.1) is 0 Å². The van der Waals surface area contributed by atoms with Gasteiger partial charge in [0.2, 0.25) is 0 Å². The fourth-order valence-electron chi connectivity index (χ4n) is 6.93. The lowest BCUT2D eigenvalue weighted by molar-refractivity contribution is 0.669. The first kappa shape index (κ1) is 28.6. The number of anilines is 6. The summed E-state index contributed by atoms with van der Waals surface area (Å²) in [5, 5.41) is 4.62. The topological polar surface area (TPSA) is 19.6 Å². The molecule has 0 aliphatic heterocycles. The van der Waals surface area contributed by atoms with Crippen LogP contribution in [0.1, 0.15) is 0 Å². The molecule has 0 radical (unpaired) electrons. The van der Waals surface area contributed by atoms with Gasteiger partial charge in [-0.3, -0.25) is 0 Å². The third-order valence-corrected chi connectivity index (χ3v) is 9.20. The van der Waals surface area contributed by atoms with Crippen LogP contribution in [0.15, 0.2) is 199 Å². The van der Waals surface area contributed by atoms with E-state index in [1.54, 1.807) is 0 Å². The molecule has 49 heavy (non-hydrogen) atoms. The zero-order valence-corrected chi connectivity index (χ0v) is 26.8. The Labute approximate surface area is 285 Å². The Morgan fingerprint density at radius 2 is 0.816 bits per heavy atom. The third kappa shape index (κ3) is 5.28. The van der Waals surface area contributed by atoms with Gasteiger partial charge in [0.1, 0.15) is 11.2 Å². The van der Waals surface area contributed by atoms with Gasteiger partial charge in [-0.15, -0.1) is 0 Å². The summed E-state index contributed by atoms with van der Waals surface area (Å²) in [5.74, 6) is 0. The van der Waals surface area contributed by atoms with E-state index in [9.17, 15) is 0 Å². The molecule has 3 heteroatoms. The number of para-hydroxylation sites is 3. The average Bonchev–Trinajstić information content (AvgIpc) is 3.54. The number of rotatable bonds is 7. The molecule has 0 saturated carbocycles. The molecule has 0 fully saturated rings. The van der Waals surface area contributed by atoms with Crippen molar-refractivity contribution in [1.82, 2.24) is 0 Å². The molecule has 0 unspecified atom stereocenters. The minimum Gasteiger partial charge on any atom is -0.456 e. The van der Waals surface area contributed by atoms with Crippen molar-refractivity contribution in [2.75, 3.05) is 9.80 Å². The van der Waals surface area contributed by atoms with E-state index in [1.165, 1.54) is 10.8 Å². The van der Waals surface area contributed by atoms with Gasteiger partial charge in [-0.25, -0.2) is 0 Å². The van der Waals surface area contributed by atoms with Crippen LogP contribution in [0.3, 0.4) is 0 Å². The van der Waals surface area contributed by atoms with Crippen molar-refractivity contribution < 1.29 is 4.42 Å². The second kappa shape index (κ2) is 12.2. The minimum atomic E-state index is 0.870. The molecular weight excluding hydrogens is 597 g/mol. The van der Waals surface area contributed by atoms with Crippen LogP contribution in [-0.2, 0) is 0 Å². The van der Waals surface area contributed by atoms with Crippen LogP contribution < -0.4 is 9.80 Å². The summed E-state index contributed by atoms with van der Waals surface area (Å²) in [5.41, 5.74) is 10.6. The molecule has 9 aromatic rings. The Morgan fingerprint density at radius 1 is 0.306 bits per heavy atom. The van der Waals surface area contributed by atoms with Crippen LogP contribution in [0.2, 0.25) is 0 Å². The molecule has 0 aliphatic carbocycles. The Morgan fingerprint density at radius 3 is 1.53 bits per heavy atom. The van der Waals surface area contributed by atoms with Gasteiger partial charge < -0.3 is 14.2 Å². The largest absolute Gasteiger partial charge is 0.456 e. The summed E-state index contributed by atoms with van der Waals surface area (Å²) < 4.78 is 6.37. The van der Waals surface area contributed by atoms with E-state index >= 15 is 0 Å². The number of furan rings is 1. The lowest BCUT2D eigenvalue weighted by Gasteiger charge is -2.28. The second-order valence-electron chi connectivity index (χ2n) is 12.2. The summed E-state index contributed by atoms with van der Waals surface area (Å²) in [7, 11) is 0. The Hall–Kier alpha value is -6.58. The summed E-state index contributed by atoms with van der Waals surface area (Å²) in [4.78, 5) is 4.65. The van der Waals surface area contributed by atoms with Gasteiger partial charge in [-0.05, 0) is 89.3 Å². The van der Waals surface area contributed by atoms with E-state index in [0.29, 0.717) is 0 Å². The van der Waals surface area contributed by atoms with Crippen LogP contribution in [0.25, 0.3) is 43.8 Å². The van der Waals surface area contributed by atoms with Gasteiger partial charge in [0.05, 0.1) is 5.69 Å². The van der Waals surface area contributed by atoms with Gasteiger partial charge in [0.15, 0.2) is 0 Å². The molecule has 0 amide bonds. The molecule has 3 nitrogen and oxygen atoms in total. The quantitative estimate of drug-likeness (QED) is 0.175. The van der Waals surface area contributed by atoms with Gasteiger partial charge in [-0.2, -0.15) is 0 Å². The zero-order valence-electron chi connectivity index (χ0n) is 26.8. The Balaban J connectivity index is 1.19. The van der Waals surface area contributed by atoms with Crippen LogP contribution in [0.5, 0.6) is 0 Å². The maximum atomic E-state index is 6.37. The van der Waals surface area contributed by atoms with Gasteiger partial charge in [0.25, 0.3) is 0 Å². The summed E-state index contributed by atoms with van der Waals surface area (Å²) in [6.45, 7) is 0. The Kier molecular flexibility index (Phi) is 7.14. The zero-order chi connectivity index (χ0) is 32.6. The lowest BCUT2D eigenvalue weighted by Crippen LogP contribution is -2.11. The standard InChI is InChI=1S/C46H32N2O/c1-3-18-36(19-4-1)47(37-20-5-2-6-21-37)38-22-11-16-34(30-38)35-17-12-23-39(31-35)48(44-26-13-15-33-14-7-8-24-41(33)44)40-28-29-43-42-25-9-10-27-45(42)49-46(43)32-40/h1-32H. The predicted molar refractivity (Wildman–Crippen MR) is 206 cm³/mol. The lowest BCUT2D eigenvalue weighted by atomic mass is 10.0. The van der Waals surface area contributed by atoms with Crippen molar-refractivity contribution in [3.05, 3.63) is 194 Å². The first-order valence-electron chi connectivity index (χ1n) is 16.6. The van der Waals surface area contributed by atoms with Gasteiger partial charge >= 0.3 is 0 Å². The average molecular weight is 629 g/mol. The molecule has 8 aromatic carbocycles. The van der Waals surface area contributed by atoms with E-state index in [-0.39, 0.29) is 0 Å². The Bertz CT molecular complexity index is 2530. The molecule has 0 aliphatic rings. The minimum absolute atomic E-state index is 0.870. The number of nitrogens with zero attached hydrogens (tertiary/aromatic N) is 2. The molecule has 0 atom stereocenters. The number of fused-ring (bicyclic) bond motifs is 4. The van der Waals surface area contributed by atoms with Gasteiger partial charge in [-0.1, -0.05) is 115 Å². The molecule has 0 saturated heterocycles. The maximum absolute atomic E-state index is 6.37. The van der Waals surface area contributed by atoms with Crippen molar-refractivity contribution in [3.63, 3.8) is 0 Å². The molecule has 0 bridgehead atoms. The van der Waals surface area contributed by atoms with Crippen LogP contribution >= 0.6 is 0 Å². The van der Waals surface area contributed by atoms with E-state index in [1.807, 2.05) is 12.1 Å². The highest BCUT2D eigenvalue weighted by Crippen LogP contribution is 2.43. The molecule has 232 valence electrons. The monoisotopic (exact) mass is 628 g/mol. The van der Waals surface area contributed by atoms with Crippen LogP contribution in [-0.4, -0.2) is 0 Å². The van der Waals surface area contributed by atoms with Crippen molar-refractivity contribution in [1.29, 1.82) is 0 Å². The smallest absolute Gasteiger partial charge is 0.137 e. The third-order valence-electron chi connectivity index (χ3n) is 9.20. The molecule has 0 spiro atoms. The second-order valence-corrected chi connectivity index (χ2v) is 12.2. The molecule has 9 rings (SSSR count). The number of hydrogen-bond acceptors (Lipinski definition) is 3. The summed E-state index contributed by atoms with van der Waals surface area (Å²) in [6, 6.07) is 68.6. The van der Waals surface area contributed by atoms with Crippen LogP contribution in [0.4, 0.5) is 34.1 Å². The maximum Gasteiger partial charge on any atom is 0.137 e. The summed E-state index contributed by atoms with van der Waals surface area (Å²) in [6.07, 6.45) is 0. The van der Waals surface area contributed by atoms with E-state index in [0.717, 1.165) is 67.2 Å². The highest BCUT2D eigenvalue weighted by molar-refractivity contribution is 6.07. The first-order valence-corrected chi connectivity index (χ1v) is 16.6. The summed E-state index contributed by atoms with van der Waals surface area (Å²) >= 11 is 0. The predicted octanol–water partition coefficient (Wildman–Crippen LogP) is 13.3. The van der Waals surface area contributed by atoms with E-state index in [2.05, 4.69) is 192 Å². The number of benzene rings is 8. The molecular formula is C46H32N2O. The van der Waals surface area contributed by atoms with Gasteiger partial charge in [0, 0.05) is 50.7 Å². The highest BCUT2D eigenvalue weighted by atomic mass is 16.3. The van der Waals surface area contributed by atoms with Crippen molar-refractivity contribution in [2.24, 2.45) is 0 Å². The molecule has 1 heterocycles.